The molecule has 1 amide bonds. The third kappa shape index (κ3) is 3.78. The fraction of sp³-hybridized carbons (Fsp3) is 0.0455. The van der Waals surface area contributed by atoms with E-state index in [2.05, 4.69) is 27.4 Å². The molecule has 0 saturated carbocycles. The van der Waals surface area contributed by atoms with Crippen molar-refractivity contribution in [2.45, 2.75) is 6.92 Å². The van der Waals surface area contributed by atoms with E-state index in [-0.39, 0.29) is 5.91 Å². The van der Waals surface area contributed by atoms with Gasteiger partial charge in [-0.05, 0) is 42.3 Å². The van der Waals surface area contributed by atoms with Crippen LogP contribution in [0.5, 0.6) is 0 Å². The van der Waals surface area contributed by atoms with Gasteiger partial charge in [0.25, 0.3) is 5.91 Å². The molecule has 0 saturated heterocycles. The number of hydrogen-bond acceptors (Lipinski definition) is 4. The summed E-state index contributed by atoms with van der Waals surface area (Å²) in [6.07, 6.45) is 3.47. The Bertz CT molecular complexity index is 1080. The maximum atomic E-state index is 12.8. The Hall–Kier alpha value is -3.31. The smallest absolute Gasteiger partial charge is 0.267 e. The van der Waals surface area contributed by atoms with Crippen molar-refractivity contribution in [3.63, 3.8) is 0 Å². The molecule has 0 radical (unpaired) electrons. The third-order valence-corrected chi connectivity index (χ3v) is 5.34. The van der Waals surface area contributed by atoms with E-state index in [1.54, 1.807) is 12.4 Å². The first-order chi connectivity index (χ1) is 13.2. The molecule has 4 rings (SSSR count). The van der Waals surface area contributed by atoms with Gasteiger partial charge in [0, 0.05) is 23.6 Å². The van der Waals surface area contributed by atoms with Crippen LogP contribution in [0.25, 0.3) is 21.7 Å². The lowest BCUT2D eigenvalue weighted by molar-refractivity contribution is 0.103. The molecule has 132 valence electrons. The van der Waals surface area contributed by atoms with Crippen molar-refractivity contribution in [1.82, 2.24) is 9.97 Å². The minimum absolute atomic E-state index is 0.148. The first kappa shape index (κ1) is 17.1. The van der Waals surface area contributed by atoms with Gasteiger partial charge in [-0.15, -0.1) is 11.3 Å². The SMILES string of the molecule is Cc1nc(-c2cccnc2)sc1C(=O)Nc1cccc(-c2ccccc2)c1. The lowest BCUT2D eigenvalue weighted by Crippen LogP contribution is -2.11. The Morgan fingerprint density at radius 3 is 2.48 bits per heavy atom. The molecule has 2 aromatic carbocycles. The van der Waals surface area contributed by atoms with Crippen LogP contribution in [0, 0.1) is 6.92 Å². The van der Waals surface area contributed by atoms with Gasteiger partial charge in [-0.3, -0.25) is 9.78 Å². The van der Waals surface area contributed by atoms with E-state index in [1.807, 2.05) is 61.5 Å². The highest BCUT2D eigenvalue weighted by molar-refractivity contribution is 7.17. The van der Waals surface area contributed by atoms with Crippen LogP contribution >= 0.6 is 11.3 Å². The number of anilines is 1. The summed E-state index contributed by atoms with van der Waals surface area (Å²) in [6, 6.07) is 21.7. The number of aryl methyl sites for hydroxylation is 1. The minimum Gasteiger partial charge on any atom is -0.321 e. The Morgan fingerprint density at radius 2 is 1.70 bits per heavy atom. The number of amides is 1. The zero-order valence-corrected chi connectivity index (χ0v) is 15.5. The molecule has 0 atom stereocenters. The summed E-state index contributed by atoms with van der Waals surface area (Å²) >= 11 is 1.38. The van der Waals surface area contributed by atoms with Crippen molar-refractivity contribution < 1.29 is 4.79 Å². The maximum absolute atomic E-state index is 12.8. The largest absolute Gasteiger partial charge is 0.321 e. The van der Waals surface area contributed by atoms with E-state index in [4.69, 9.17) is 0 Å². The summed E-state index contributed by atoms with van der Waals surface area (Å²) in [5, 5.41) is 3.79. The number of aromatic nitrogens is 2. The van der Waals surface area contributed by atoms with Crippen molar-refractivity contribution in [3.05, 3.63) is 89.7 Å². The molecule has 2 aromatic heterocycles. The van der Waals surface area contributed by atoms with Gasteiger partial charge in [-0.1, -0.05) is 42.5 Å². The van der Waals surface area contributed by atoms with Gasteiger partial charge in [0.2, 0.25) is 0 Å². The van der Waals surface area contributed by atoms with E-state index in [0.29, 0.717) is 4.88 Å². The van der Waals surface area contributed by atoms with Gasteiger partial charge in [-0.25, -0.2) is 4.98 Å². The number of nitrogens with one attached hydrogen (secondary N) is 1. The quantitative estimate of drug-likeness (QED) is 0.520. The molecule has 0 bridgehead atoms. The summed E-state index contributed by atoms with van der Waals surface area (Å²) < 4.78 is 0. The van der Waals surface area contributed by atoms with Crippen LogP contribution in [-0.2, 0) is 0 Å². The Balaban J connectivity index is 1.57. The fourth-order valence-electron chi connectivity index (χ4n) is 2.81. The standard InChI is InChI=1S/C22H17N3OS/c1-15-20(27-22(24-15)18-10-6-12-23-14-18)21(26)25-19-11-5-9-17(13-19)16-7-3-2-4-8-16/h2-14H,1H3,(H,25,26). The maximum Gasteiger partial charge on any atom is 0.267 e. The number of carbonyl (C=O) groups excluding carboxylic acids is 1. The molecule has 2 heterocycles. The molecule has 4 aromatic rings. The summed E-state index contributed by atoms with van der Waals surface area (Å²) in [6.45, 7) is 1.85. The summed E-state index contributed by atoms with van der Waals surface area (Å²) in [4.78, 5) is 22.0. The molecule has 5 heteroatoms. The van der Waals surface area contributed by atoms with Crippen LogP contribution in [-0.4, -0.2) is 15.9 Å². The minimum atomic E-state index is -0.148. The zero-order chi connectivity index (χ0) is 18.6. The van der Waals surface area contributed by atoms with Gasteiger partial charge in [0.1, 0.15) is 9.88 Å². The van der Waals surface area contributed by atoms with Crippen molar-refractivity contribution in [3.8, 4) is 21.7 Å². The molecule has 0 aliphatic heterocycles. The molecule has 0 fully saturated rings. The second kappa shape index (κ2) is 7.51. The molecule has 0 spiro atoms. The number of rotatable bonds is 4. The highest BCUT2D eigenvalue weighted by Crippen LogP contribution is 2.28. The monoisotopic (exact) mass is 371 g/mol. The second-order valence-corrected chi connectivity index (χ2v) is 7.08. The molecule has 4 nitrogen and oxygen atoms in total. The first-order valence-corrected chi connectivity index (χ1v) is 9.37. The number of hydrogen-bond donors (Lipinski definition) is 1. The van der Waals surface area contributed by atoms with Gasteiger partial charge >= 0.3 is 0 Å². The first-order valence-electron chi connectivity index (χ1n) is 8.55. The van der Waals surface area contributed by atoms with Gasteiger partial charge in [-0.2, -0.15) is 0 Å². The van der Waals surface area contributed by atoms with E-state index < -0.39 is 0 Å². The molecule has 0 aliphatic carbocycles. The van der Waals surface area contributed by atoms with E-state index in [0.717, 1.165) is 33.1 Å². The predicted octanol–water partition coefficient (Wildman–Crippen LogP) is 5.43. The van der Waals surface area contributed by atoms with Crippen LogP contribution < -0.4 is 5.32 Å². The molecule has 27 heavy (non-hydrogen) atoms. The Kier molecular flexibility index (Phi) is 4.77. The van der Waals surface area contributed by atoms with Crippen LogP contribution in [0.1, 0.15) is 15.4 Å². The lowest BCUT2D eigenvalue weighted by atomic mass is 10.1. The average Bonchev–Trinajstić information content (AvgIpc) is 3.11. The van der Waals surface area contributed by atoms with Crippen molar-refractivity contribution >= 4 is 22.9 Å². The second-order valence-electron chi connectivity index (χ2n) is 6.08. The molecular weight excluding hydrogens is 354 g/mol. The van der Waals surface area contributed by atoms with Crippen LogP contribution in [0.4, 0.5) is 5.69 Å². The highest BCUT2D eigenvalue weighted by Gasteiger charge is 2.16. The normalized spacial score (nSPS) is 10.6. The highest BCUT2D eigenvalue weighted by atomic mass is 32.1. The van der Waals surface area contributed by atoms with Gasteiger partial charge in [0.05, 0.1) is 5.69 Å². The summed E-state index contributed by atoms with van der Waals surface area (Å²) in [5.74, 6) is -0.148. The third-order valence-electron chi connectivity index (χ3n) is 4.14. The van der Waals surface area contributed by atoms with E-state index in [9.17, 15) is 4.79 Å². The Morgan fingerprint density at radius 1 is 0.926 bits per heavy atom. The van der Waals surface area contributed by atoms with Crippen LogP contribution in [0.15, 0.2) is 79.1 Å². The molecule has 1 N–H and O–H groups in total. The predicted molar refractivity (Wildman–Crippen MR) is 110 cm³/mol. The summed E-state index contributed by atoms with van der Waals surface area (Å²) in [5.41, 5.74) is 4.57. The summed E-state index contributed by atoms with van der Waals surface area (Å²) in [7, 11) is 0. The number of thiazole rings is 1. The van der Waals surface area contributed by atoms with Gasteiger partial charge in [0.15, 0.2) is 0 Å². The average molecular weight is 371 g/mol. The van der Waals surface area contributed by atoms with Crippen molar-refractivity contribution in [1.29, 1.82) is 0 Å². The van der Waals surface area contributed by atoms with E-state index >= 15 is 0 Å². The molecule has 0 unspecified atom stereocenters. The Labute approximate surface area is 161 Å². The lowest BCUT2D eigenvalue weighted by Gasteiger charge is -2.07. The topological polar surface area (TPSA) is 54.9 Å². The van der Waals surface area contributed by atoms with Crippen LogP contribution in [0.2, 0.25) is 0 Å². The number of carbonyl (C=O) groups is 1. The number of nitrogens with zero attached hydrogens (tertiary/aromatic N) is 2. The van der Waals surface area contributed by atoms with Crippen molar-refractivity contribution in [2.75, 3.05) is 5.32 Å². The van der Waals surface area contributed by atoms with Gasteiger partial charge < -0.3 is 5.32 Å². The van der Waals surface area contributed by atoms with Crippen LogP contribution in [0.3, 0.4) is 0 Å². The molecule has 0 aliphatic rings. The van der Waals surface area contributed by atoms with E-state index in [1.165, 1.54) is 11.3 Å². The molecular formula is C22H17N3OS. The number of benzene rings is 2. The zero-order valence-electron chi connectivity index (χ0n) is 14.7. The number of pyridine rings is 1. The van der Waals surface area contributed by atoms with Crippen molar-refractivity contribution in [2.24, 2.45) is 0 Å². The fourth-order valence-corrected chi connectivity index (χ4v) is 3.77.